The van der Waals surface area contributed by atoms with Gasteiger partial charge >= 0.3 is 0 Å². The Hall–Kier alpha value is -3.09. The van der Waals surface area contributed by atoms with Gasteiger partial charge in [0.05, 0.1) is 12.7 Å². The third-order valence-electron chi connectivity index (χ3n) is 7.50. The van der Waals surface area contributed by atoms with Crippen molar-refractivity contribution >= 4 is 5.78 Å². The van der Waals surface area contributed by atoms with Crippen LogP contribution in [0.25, 0.3) is 0 Å². The lowest BCUT2D eigenvalue weighted by atomic mass is 9.92. The van der Waals surface area contributed by atoms with Gasteiger partial charge in [-0.15, -0.1) is 0 Å². The first kappa shape index (κ1) is 30.4. The number of carbonyl (C=O) groups is 1. The second-order valence-corrected chi connectivity index (χ2v) is 10.4. The summed E-state index contributed by atoms with van der Waals surface area (Å²) in [5.74, 6) is -1.86. The Morgan fingerprint density at radius 2 is 1.45 bits per heavy atom. The maximum absolute atomic E-state index is 13.8. The van der Waals surface area contributed by atoms with E-state index in [0.29, 0.717) is 5.56 Å². The Morgan fingerprint density at radius 3 is 2.12 bits per heavy atom. The van der Waals surface area contributed by atoms with Gasteiger partial charge in [0, 0.05) is 12.1 Å². The molecule has 42 heavy (non-hydrogen) atoms. The van der Waals surface area contributed by atoms with Crippen LogP contribution in [-0.4, -0.2) is 126 Å². The lowest BCUT2D eigenvalue weighted by Crippen LogP contribution is -2.60. The molecule has 0 aliphatic carbocycles. The van der Waals surface area contributed by atoms with Crippen molar-refractivity contribution < 1.29 is 74.4 Å². The van der Waals surface area contributed by atoms with Crippen LogP contribution in [0.1, 0.15) is 28.9 Å². The first-order valence-electron chi connectivity index (χ1n) is 13.1. The van der Waals surface area contributed by atoms with Gasteiger partial charge in [0.25, 0.3) is 0 Å². The Kier molecular flexibility index (Phi) is 8.60. The predicted molar refractivity (Wildman–Crippen MR) is 136 cm³/mol. The molecule has 12 atom stereocenters. The number of hydrogen-bond donors (Lipinski definition) is 9. The van der Waals surface area contributed by atoms with Gasteiger partial charge in [0.15, 0.2) is 18.5 Å². The van der Waals surface area contributed by atoms with E-state index in [1.807, 2.05) is 0 Å². The molecule has 0 amide bonds. The van der Waals surface area contributed by atoms with Gasteiger partial charge in [-0.05, 0) is 24.6 Å². The SMILES string of the molecule is C[C@@H]1O[C@@H](Oc2cc(O)c3c(c2)OC(c2ccc(O)cc2)C(O[C@@H]2O[C@H](CO)[C@@H](O)[C@H](O)[C@H]2O)C3=O)[C@H](O)[C@H](O)[C@H]1O. The van der Waals surface area contributed by atoms with Crippen molar-refractivity contribution in [2.75, 3.05) is 6.61 Å². The molecule has 2 saturated heterocycles. The average Bonchev–Trinajstić information content (AvgIpc) is 2.96. The highest BCUT2D eigenvalue weighted by atomic mass is 16.7. The zero-order chi connectivity index (χ0) is 30.5. The number of benzene rings is 2. The van der Waals surface area contributed by atoms with Crippen LogP contribution >= 0.6 is 0 Å². The van der Waals surface area contributed by atoms with E-state index < -0.39 is 91.8 Å². The fraction of sp³-hybridized carbons (Fsp3) is 0.519. The van der Waals surface area contributed by atoms with E-state index in [4.69, 9.17) is 23.7 Å². The summed E-state index contributed by atoms with van der Waals surface area (Å²) in [5.41, 5.74) is -0.0370. The molecular formula is C27H32O15. The van der Waals surface area contributed by atoms with E-state index in [1.54, 1.807) is 0 Å². The molecule has 2 fully saturated rings. The maximum atomic E-state index is 13.8. The molecule has 5 rings (SSSR count). The number of fused-ring (bicyclic) bond motifs is 1. The summed E-state index contributed by atoms with van der Waals surface area (Å²) < 4.78 is 28.3. The highest BCUT2D eigenvalue weighted by Gasteiger charge is 2.49. The summed E-state index contributed by atoms with van der Waals surface area (Å²) in [4.78, 5) is 13.8. The summed E-state index contributed by atoms with van der Waals surface area (Å²) in [6, 6.07) is 7.77. The van der Waals surface area contributed by atoms with Gasteiger partial charge in [-0.2, -0.15) is 0 Å². The van der Waals surface area contributed by atoms with Crippen molar-refractivity contribution in [3.8, 4) is 23.0 Å². The molecule has 2 aromatic carbocycles. The van der Waals surface area contributed by atoms with Crippen LogP contribution in [0.3, 0.4) is 0 Å². The van der Waals surface area contributed by atoms with E-state index in [9.17, 15) is 50.8 Å². The molecule has 0 radical (unpaired) electrons. The fourth-order valence-electron chi connectivity index (χ4n) is 5.07. The van der Waals surface area contributed by atoms with Crippen LogP contribution in [0.15, 0.2) is 36.4 Å². The molecular weight excluding hydrogens is 564 g/mol. The van der Waals surface area contributed by atoms with E-state index >= 15 is 0 Å². The quantitative estimate of drug-likeness (QED) is 0.172. The van der Waals surface area contributed by atoms with Gasteiger partial charge in [-0.3, -0.25) is 4.79 Å². The predicted octanol–water partition coefficient (Wildman–Crippen LogP) is -2.19. The van der Waals surface area contributed by atoms with Gasteiger partial charge in [0.1, 0.15) is 71.3 Å². The van der Waals surface area contributed by atoms with Crippen molar-refractivity contribution in [3.63, 3.8) is 0 Å². The lowest BCUT2D eigenvalue weighted by Gasteiger charge is -2.42. The van der Waals surface area contributed by atoms with Crippen molar-refractivity contribution in [3.05, 3.63) is 47.5 Å². The van der Waals surface area contributed by atoms with Crippen LogP contribution in [0.2, 0.25) is 0 Å². The number of phenols is 2. The minimum absolute atomic E-state index is 0.0893. The Labute approximate surface area is 238 Å². The summed E-state index contributed by atoms with van der Waals surface area (Å²) in [7, 11) is 0. The third kappa shape index (κ3) is 5.51. The minimum Gasteiger partial charge on any atom is -0.508 e. The number of hydrogen-bond acceptors (Lipinski definition) is 15. The van der Waals surface area contributed by atoms with Crippen LogP contribution in [0.5, 0.6) is 23.0 Å². The number of ketones is 1. The maximum Gasteiger partial charge on any atom is 0.229 e. The van der Waals surface area contributed by atoms with Crippen LogP contribution in [0.4, 0.5) is 0 Å². The summed E-state index contributed by atoms with van der Waals surface area (Å²) in [6.07, 6.45) is -18.2. The monoisotopic (exact) mass is 596 g/mol. The second kappa shape index (κ2) is 11.9. The molecule has 0 bridgehead atoms. The van der Waals surface area contributed by atoms with Crippen LogP contribution in [0, 0.1) is 0 Å². The minimum atomic E-state index is -1.83. The third-order valence-corrected chi connectivity index (χ3v) is 7.50. The molecule has 2 unspecified atom stereocenters. The van der Waals surface area contributed by atoms with Crippen molar-refractivity contribution in [1.29, 1.82) is 0 Å². The number of phenolic OH excluding ortho intramolecular Hbond substituents is 2. The highest BCUT2D eigenvalue weighted by molar-refractivity contribution is 6.05. The van der Waals surface area contributed by atoms with E-state index in [1.165, 1.54) is 37.3 Å². The number of carbonyl (C=O) groups excluding carboxylic acids is 1. The fourth-order valence-corrected chi connectivity index (χ4v) is 5.07. The Balaban J connectivity index is 1.47. The van der Waals surface area contributed by atoms with E-state index in [-0.39, 0.29) is 22.8 Å². The molecule has 230 valence electrons. The van der Waals surface area contributed by atoms with E-state index in [2.05, 4.69) is 0 Å². The number of aliphatic hydroxyl groups excluding tert-OH is 7. The molecule has 0 saturated carbocycles. The molecule has 15 nitrogen and oxygen atoms in total. The summed E-state index contributed by atoms with van der Waals surface area (Å²) in [6.45, 7) is 0.724. The number of Topliss-reactive ketones (excluding diaryl/α,β-unsaturated/α-hetero) is 1. The van der Waals surface area contributed by atoms with Crippen molar-refractivity contribution in [2.24, 2.45) is 0 Å². The Morgan fingerprint density at radius 1 is 0.810 bits per heavy atom. The first-order chi connectivity index (χ1) is 19.9. The zero-order valence-electron chi connectivity index (χ0n) is 22.1. The molecule has 9 N–H and O–H groups in total. The molecule has 0 aromatic heterocycles. The number of ether oxygens (including phenoxy) is 5. The van der Waals surface area contributed by atoms with Crippen molar-refractivity contribution in [1.82, 2.24) is 0 Å². The molecule has 15 heteroatoms. The van der Waals surface area contributed by atoms with Crippen molar-refractivity contribution in [2.45, 2.75) is 80.5 Å². The van der Waals surface area contributed by atoms with Crippen LogP contribution < -0.4 is 9.47 Å². The Bertz CT molecular complexity index is 1270. The standard InChI is InChI=1S/C27H32O15/c1-9-17(31)20(34)22(36)26(38-9)39-12-6-13(30)16-14(7-12)40-24(10-2-4-11(29)5-3-10)25(19(16)33)42-27-23(37)21(35)18(32)15(8-28)41-27/h2-7,9,15,17-18,20-32,34-37H,8H2,1H3/t9-,15+,17-,18+,20+,21-,22+,23+,24?,25?,26-,27-/m0/s1. The van der Waals surface area contributed by atoms with Crippen LogP contribution in [-0.2, 0) is 14.2 Å². The van der Waals surface area contributed by atoms with E-state index in [0.717, 1.165) is 6.07 Å². The normalized spacial score (nSPS) is 38.4. The average molecular weight is 597 g/mol. The topological polar surface area (TPSA) is 245 Å². The second-order valence-electron chi connectivity index (χ2n) is 10.4. The zero-order valence-corrected chi connectivity index (χ0v) is 22.1. The highest BCUT2D eigenvalue weighted by Crippen LogP contribution is 2.44. The first-order valence-corrected chi connectivity index (χ1v) is 13.1. The van der Waals surface area contributed by atoms with Gasteiger partial charge in [-0.1, -0.05) is 12.1 Å². The van der Waals surface area contributed by atoms with Gasteiger partial charge in [0.2, 0.25) is 12.1 Å². The smallest absolute Gasteiger partial charge is 0.229 e. The molecule has 2 aromatic rings. The summed E-state index contributed by atoms with van der Waals surface area (Å²) in [5, 5.41) is 91.2. The van der Waals surface area contributed by atoms with Gasteiger partial charge in [-0.25, -0.2) is 0 Å². The largest absolute Gasteiger partial charge is 0.508 e. The number of rotatable bonds is 6. The molecule has 3 aliphatic heterocycles. The molecule has 3 heterocycles. The summed E-state index contributed by atoms with van der Waals surface area (Å²) >= 11 is 0. The number of aliphatic hydroxyl groups is 7. The van der Waals surface area contributed by atoms with Gasteiger partial charge < -0.3 is 69.6 Å². The lowest BCUT2D eigenvalue weighted by molar-refractivity contribution is -0.311. The molecule has 0 spiro atoms. The number of aromatic hydroxyl groups is 2. The molecule has 3 aliphatic rings.